The summed E-state index contributed by atoms with van der Waals surface area (Å²) < 4.78 is 26.6. The Balaban J connectivity index is 1.44. The molecule has 1 fully saturated rings. The summed E-state index contributed by atoms with van der Waals surface area (Å²) in [6.45, 7) is 1.71. The molecule has 1 amide bonds. The Kier molecular flexibility index (Phi) is 7.60. The van der Waals surface area contributed by atoms with Crippen LogP contribution in [0.4, 0.5) is 8.78 Å². The Morgan fingerprint density at radius 2 is 1.47 bits per heavy atom. The number of nitrogens with one attached hydrogen (secondary N) is 1. The van der Waals surface area contributed by atoms with E-state index in [0.717, 1.165) is 41.8 Å². The summed E-state index contributed by atoms with van der Waals surface area (Å²) in [6, 6.07) is 13.1. The molecular weight excluding hydrogens is 428 g/mol. The number of rotatable bonds is 8. The summed E-state index contributed by atoms with van der Waals surface area (Å²) in [4.78, 5) is 19.3. The first kappa shape index (κ1) is 22.6. The minimum absolute atomic E-state index is 0.108. The number of amides is 1. The summed E-state index contributed by atoms with van der Waals surface area (Å²) in [5.74, 6) is -0.650. The van der Waals surface area contributed by atoms with E-state index in [0.29, 0.717) is 25.3 Å². The van der Waals surface area contributed by atoms with Gasteiger partial charge in [-0.15, -0.1) is 11.3 Å². The average molecular weight is 456 g/mol. The van der Waals surface area contributed by atoms with Crippen LogP contribution in [0.15, 0.2) is 53.9 Å². The molecule has 168 valence electrons. The fourth-order valence-corrected chi connectivity index (χ4v) is 4.86. The van der Waals surface area contributed by atoms with Crippen molar-refractivity contribution in [3.63, 3.8) is 0 Å². The topological polar surface area (TPSA) is 45.2 Å². The SMILES string of the molecule is O=C(NC1CCCCC1)c1csc(CN(Cc2ccc(F)cc2)Cc2ccc(F)cc2)n1. The largest absolute Gasteiger partial charge is 0.348 e. The van der Waals surface area contributed by atoms with Crippen molar-refractivity contribution < 1.29 is 13.6 Å². The highest BCUT2D eigenvalue weighted by atomic mass is 32.1. The third-order valence-electron chi connectivity index (χ3n) is 5.72. The first-order valence-electron chi connectivity index (χ1n) is 11.0. The van der Waals surface area contributed by atoms with E-state index in [1.165, 1.54) is 42.0 Å². The lowest BCUT2D eigenvalue weighted by molar-refractivity contribution is 0.0923. The number of halogens is 2. The van der Waals surface area contributed by atoms with Crippen LogP contribution in [0.2, 0.25) is 0 Å². The van der Waals surface area contributed by atoms with Gasteiger partial charge in [0.05, 0.1) is 6.54 Å². The minimum Gasteiger partial charge on any atom is -0.348 e. The highest BCUT2D eigenvalue weighted by Gasteiger charge is 2.19. The Morgan fingerprint density at radius 3 is 2.03 bits per heavy atom. The highest BCUT2D eigenvalue weighted by molar-refractivity contribution is 7.09. The molecule has 1 heterocycles. The molecule has 0 atom stereocenters. The second kappa shape index (κ2) is 10.8. The number of carbonyl (C=O) groups excluding carboxylic acids is 1. The van der Waals surface area contributed by atoms with Gasteiger partial charge in [0.2, 0.25) is 0 Å². The van der Waals surface area contributed by atoms with Gasteiger partial charge in [-0.25, -0.2) is 13.8 Å². The fourth-order valence-electron chi connectivity index (χ4n) is 4.05. The molecule has 1 saturated carbocycles. The highest BCUT2D eigenvalue weighted by Crippen LogP contribution is 2.20. The molecule has 1 aromatic heterocycles. The zero-order valence-corrected chi connectivity index (χ0v) is 18.7. The first-order valence-corrected chi connectivity index (χ1v) is 11.9. The number of hydrogen-bond acceptors (Lipinski definition) is 4. The zero-order chi connectivity index (χ0) is 22.3. The van der Waals surface area contributed by atoms with Crippen molar-refractivity contribution in [1.82, 2.24) is 15.2 Å². The normalized spacial score (nSPS) is 14.6. The maximum atomic E-state index is 13.3. The molecule has 0 radical (unpaired) electrons. The van der Waals surface area contributed by atoms with Gasteiger partial charge in [-0.1, -0.05) is 43.5 Å². The third-order valence-corrected chi connectivity index (χ3v) is 6.56. The molecule has 3 aromatic rings. The molecule has 4 rings (SSSR count). The lowest BCUT2D eigenvalue weighted by Crippen LogP contribution is -2.36. The van der Waals surface area contributed by atoms with Crippen LogP contribution in [0.1, 0.15) is 58.7 Å². The molecule has 1 aliphatic rings. The van der Waals surface area contributed by atoms with Gasteiger partial charge in [0.25, 0.3) is 5.91 Å². The van der Waals surface area contributed by atoms with Crippen molar-refractivity contribution in [1.29, 1.82) is 0 Å². The summed E-state index contributed by atoms with van der Waals surface area (Å²) in [5.41, 5.74) is 2.40. The van der Waals surface area contributed by atoms with Gasteiger partial charge in [0, 0.05) is 24.5 Å². The zero-order valence-electron chi connectivity index (χ0n) is 17.9. The number of benzene rings is 2. The maximum Gasteiger partial charge on any atom is 0.270 e. The molecule has 2 aromatic carbocycles. The predicted molar refractivity (Wildman–Crippen MR) is 122 cm³/mol. The smallest absolute Gasteiger partial charge is 0.270 e. The second-order valence-corrected chi connectivity index (χ2v) is 9.28. The Labute approximate surface area is 191 Å². The first-order chi connectivity index (χ1) is 15.5. The lowest BCUT2D eigenvalue weighted by atomic mass is 9.95. The molecule has 1 N–H and O–H groups in total. The summed E-state index contributed by atoms with van der Waals surface area (Å²) in [7, 11) is 0. The molecule has 0 bridgehead atoms. The van der Waals surface area contributed by atoms with Crippen LogP contribution >= 0.6 is 11.3 Å². The van der Waals surface area contributed by atoms with E-state index in [1.807, 2.05) is 5.38 Å². The maximum absolute atomic E-state index is 13.3. The third kappa shape index (κ3) is 6.43. The van der Waals surface area contributed by atoms with E-state index in [4.69, 9.17) is 0 Å². The summed E-state index contributed by atoms with van der Waals surface area (Å²) in [5, 5.41) is 5.76. The van der Waals surface area contributed by atoms with Crippen LogP contribution < -0.4 is 5.32 Å². The van der Waals surface area contributed by atoms with Gasteiger partial charge in [0.15, 0.2) is 0 Å². The molecule has 7 heteroatoms. The van der Waals surface area contributed by atoms with Gasteiger partial charge in [-0.3, -0.25) is 9.69 Å². The van der Waals surface area contributed by atoms with Crippen LogP contribution in [0.5, 0.6) is 0 Å². The van der Waals surface area contributed by atoms with Crippen LogP contribution in [-0.4, -0.2) is 21.8 Å². The molecule has 4 nitrogen and oxygen atoms in total. The molecule has 0 aliphatic heterocycles. The minimum atomic E-state index is -0.271. The molecule has 0 spiro atoms. The van der Waals surface area contributed by atoms with Gasteiger partial charge in [0.1, 0.15) is 22.3 Å². The van der Waals surface area contributed by atoms with Crippen LogP contribution in [-0.2, 0) is 19.6 Å². The average Bonchev–Trinajstić information content (AvgIpc) is 3.26. The summed E-state index contributed by atoms with van der Waals surface area (Å²) >= 11 is 1.46. The quantitative estimate of drug-likeness (QED) is 0.475. The van der Waals surface area contributed by atoms with Crippen molar-refractivity contribution in [2.24, 2.45) is 0 Å². The molecule has 0 saturated heterocycles. The Morgan fingerprint density at radius 1 is 0.906 bits per heavy atom. The molecule has 0 unspecified atom stereocenters. The van der Waals surface area contributed by atoms with E-state index >= 15 is 0 Å². The lowest BCUT2D eigenvalue weighted by Gasteiger charge is -2.22. The van der Waals surface area contributed by atoms with Crippen LogP contribution in [0.25, 0.3) is 0 Å². The van der Waals surface area contributed by atoms with Gasteiger partial charge in [-0.2, -0.15) is 0 Å². The number of hydrogen-bond donors (Lipinski definition) is 1. The van der Waals surface area contributed by atoms with Crippen molar-refractivity contribution in [3.05, 3.63) is 87.4 Å². The van der Waals surface area contributed by atoms with Crippen molar-refractivity contribution >= 4 is 17.2 Å². The van der Waals surface area contributed by atoms with Gasteiger partial charge >= 0.3 is 0 Å². The van der Waals surface area contributed by atoms with E-state index in [9.17, 15) is 13.6 Å². The van der Waals surface area contributed by atoms with Crippen molar-refractivity contribution in [3.8, 4) is 0 Å². The van der Waals surface area contributed by atoms with E-state index in [1.54, 1.807) is 24.3 Å². The van der Waals surface area contributed by atoms with E-state index in [-0.39, 0.29) is 23.6 Å². The van der Waals surface area contributed by atoms with Gasteiger partial charge < -0.3 is 5.32 Å². The Bertz CT molecular complexity index is 967. The van der Waals surface area contributed by atoms with Gasteiger partial charge in [-0.05, 0) is 48.2 Å². The monoisotopic (exact) mass is 455 g/mol. The number of aromatic nitrogens is 1. The van der Waals surface area contributed by atoms with E-state index < -0.39 is 0 Å². The summed E-state index contributed by atoms with van der Waals surface area (Å²) in [6.07, 6.45) is 5.63. The fraction of sp³-hybridized carbons (Fsp3) is 0.360. The second-order valence-electron chi connectivity index (χ2n) is 8.33. The number of thiazole rings is 1. The van der Waals surface area contributed by atoms with E-state index in [2.05, 4.69) is 15.2 Å². The van der Waals surface area contributed by atoms with Crippen LogP contribution in [0, 0.1) is 11.6 Å². The molecule has 1 aliphatic carbocycles. The standard InChI is InChI=1S/C25H27F2N3OS/c26-20-10-6-18(7-11-20)14-30(15-19-8-12-21(27)13-9-19)16-24-29-23(17-32-24)25(31)28-22-4-2-1-3-5-22/h6-13,17,22H,1-5,14-16H2,(H,28,31). The number of nitrogens with zero attached hydrogens (tertiary/aromatic N) is 2. The molecular formula is C25H27F2N3OS. The predicted octanol–water partition coefficient (Wildman–Crippen LogP) is 5.69. The molecule has 32 heavy (non-hydrogen) atoms. The van der Waals surface area contributed by atoms with Crippen molar-refractivity contribution in [2.45, 2.75) is 57.8 Å². The Hall–Kier alpha value is -2.64. The van der Waals surface area contributed by atoms with Crippen molar-refractivity contribution in [2.75, 3.05) is 0 Å². The van der Waals surface area contributed by atoms with Crippen LogP contribution in [0.3, 0.4) is 0 Å². The number of carbonyl (C=O) groups is 1.